The van der Waals surface area contributed by atoms with Gasteiger partial charge in [0, 0.05) is 23.9 Å². The molecule has 0 aliphatic heterocycles. The Kier molecular flexibility index (Phi) is 16.5. The van der Waals surface area contributed by atoms with Gasteiger partial charge in [-0.3, -0.25) is 4.99 Å². The number of ether oxygens (including phenoxy) is 4. The van der Waals surface area contributed by atoms with Gasteiger partial charge in [0.05, 0.1) is 36.8 Å². The van der Waals surface area contributed by atoms with Crippen molar-refractivity contribution in [1.29, 1.82) is 0 Å². The van der Waals surface area contributed by atoms with E-state index in [1.807, 2.05) is 18.2 Å². The van der Waals surface area contributed by atoms with E-state index >= 15 is 0 Å². The second kappa shape index (κ2) is 21.8. The van der Waals surface area contributed by atoms with E-state index < -0.39 is 5.97 Å². The average Bonchev–Trinajstić information content (AvgIpc) is 3.14. The fourth-order valence-corrected chi connectivity index (χ4v) is 4.93. The number of hydrogen-bond acceptors (Lipinski definition) is 9. The van der Waals surface area contributed by atoms with Crippen molar-refractivity contribution in [2.45, 2.75) is 85.0 Å². The molecule has 4 aromatic carbocycles. The maximum Gasteiger partial charge on any atom is 0.343 e. The van der Waals surface area contributed by atoms with Crippen LogP contribution in [0.15, 0.2) is 100 Å². The van der Waals surface area contributed by atoms with Crippen LogP contribution in [0.4, 0.5) is 17.1 Å². The van der Waals surface area contributed by atoms with Crippen LogP contribution in [-0.2, 0) is 0 Å². The van der Waals surface area contributed by atoms with Crippen molar-refractivity contribution >= 4 is 29.2 Å². The predicted molar refractivity (Wildman–Crippen MR) is 203 cm³/mol. The summed E-state index contributed by atoms with van der Waals surface area (Å²) in [6.45, 7) is 8.18. The molecule has 0 unspecified atom stereocenters. The number of rotatable bonds is 22. The molecule has 9 heteroatoms. The Bertz CT molecular complexity index is 1690. The Balaban J connectivity index is 1.34. The van der Waals surface area contributed by atoms with Gasteiger partial charge in [0.25, 0.3) is 0 Å². The van der Waals surface area contributed by atoms with Crippen LogP contribution >= 0.6 is 0 Å². The van der Waals surface area contributed by atoms with Gasteiger partial charge in [0.15, 0.2) is 5.75 Å². The summed E-state index contributed by atoms with van der Waals surface area (Å²) in [5, 5.41) is 19.2. The van der Waals surface area contributed by atoms with Crippen LogP contribution in [0.2, 0.25) is 0 Å². The number of phenolic OH excluding ortho intramolecular Hbond substituents is 1. The highest BCUT2D eigenvalue weighted by atomic mass is 16.5. The highest BCUT2D eigenvalue weighted by Crippen LogP contribution is 2.34. The highest BCUT2D eigenvalue weighted by Gasteiger charge is 2.13. The fraction of sp³-hybridized carbons (Fsp3) is 0.381. The molecule has 0 aromatic heterocycles. The molecule has 0 amide bonds. The summed E-state index contributed by atoms with van der Waals surface area (Å²) >= 11 is 0. The monoisotopic (exact) mass is 693 g/mol. The van der Waals surface area contributed by atoms with Gasteiger partial charge in [-0.1, -0.05) is 65.7 Å². The largest absolute Gasteiger partial charge is 0.507 e. The fourth-order valence-electron chi connectivity index (χ4n) is 4.93. The molecule has 0 radical (unpaired) electrons. The van der Waals surface area contributed by atoms with Gasteiger partial charge < -0.3 is 24.1 Å². The number of benzene rings is 4. The van der Waals surface area contributed by atoms with Gasteiger partial charge in [-0.25, -0.2) is 4.79 Å². The number of carbonyl (C=O) groups excluding carboxylic acids is 1. The number of azo groups is 1. The number of aromatic hydroxyl groups is 1. The Morgan fingerprint density at radius 1 is 0.608 bits per heavy atom. The number of aliphatic imine (C=N–C) groups is 1. The first-order valence-electron chi connectivity index (χ1n) is 18.2. The lowest BCUT2D eigenvalue weighted by molar-refractivity contribution is 0.0734. The van der Waals surface area contributed by atoms with Gasteiger partial charge in [-0.05, 0) is 92.1 Å². The highest BCUT2D eigenvalue weighted by molar-refractivity contribution is 5.91. The summed E-state index contributed by atoms with van der Waals surface area (Å²) in [4.78, 5) is 17.4. The molecular formula is C42H51N3O6. The third kappa shape index (κ3) is 13.6. The van der Waals surface area contributed by atoms with Gasteiger partial charge in [-0.2, -0.15) is 5.11 Å². The minimum absolute atomic E-state index is 0.106. The molecule has 0 bridgehead atoms. The topological polar surface area (TPSA) is 111 Å². The summed E-state index contributed by atoms with van der Waals surface area (Å²) in [6, 6.07) is 24.5. The molecule has 4 aromatic rings. The molecule has 270 valence electrons. The number of carbonyl (C=O) groups is 1. The first-order chi connectivity index (χ1) is 25.0. The van der Waals surface area contributed by atoms with Crippen LogP contribution in [-0.4, -0.2) is 37.1 Å². The number of phenols is 1. The smallest absolute Gasteiger partial charge is 0.343 e. The maximum absolute atomic E-state index is 12.9. The Hall–Kier alpha value is -5.18. The summed E-state index contributed by atoms with van der Waals surface area (Å²) in [5.74, 6) is 1.82. The van der Waals surface area contributed by atoms with E-state index in [4.69, 9.17) is 18.9 Å². The van der Waals surface area contributed by atoms with Crippen LogP contribution in [0.3, 0.4) is 0 Å². The van der Waals surface area contributed by atoms with Crippen LogP contribution < -0.4 is 18.9 Å². The zero-order valence-electron chi connectivity index (χ0n) is 30.2. The lowest BCUT2D eigenvalue weighted by Crippen LogP contribution is -2.08. The van der Waals surface area contributed by atoms with E-state index in [-0.39, 0.29) is 5.75 Å². The number of nitrogens with zero attached hydrogens (tertiary/aromatic N) is 3. The van der Waals surface area contributed by atoms with E-state index in [9.17, 15) is 9.90 Å². The molecule has 0 saturated heterocycles. The quantitative estimate of drug-likeness (QED) is 0.0288. The molecule has 51 heavy (non-hydrogen) atoms. The number of hydrogen-bond donors (Lipinski definition) is 1. The summed E-state index contributed by atoms with van der Waals surface area (Å²) < 4.78 is 23.2. The molecule has 1 N–H and O–H groups in total. The van der Waals surface area contributed by atoms with Gasteiger partial charge in [0.2, 0.25) is 0 Å². The predicted octanol–water partition coefficient (Wildman–Crippen LogP) is 11.9. The SMILES string of the molecule is CCCCCCCCOc1ccc(C(=O)Oc2ccc(N=Nc3ccc(N=Cc4ccc(OCCCC)cc4O)cc3)c(OCCCC)c2)cc1. The Labute approximate surface area is 302 Å². The Morgan fingerprint density at radius 2 is 1.22 bits per heavy atom. The second-order valence-electron chi connectivity index (χ2n) is 12.3. The minimum Gasteiger partial charge on any atom is -0.507 e. The van der Waals surface area contributed by atoms with Crippen molar-refractivity contribution in [3.05, 3.63) is 96.1 Å². The third-order valence-corrected chi connectivity index (χ3v) is 8.00. The van der Waals surface area contributed by atoms with E-state index in [0.717, 1.165) is 44.3 Å². The zero-order valence-corrected chi connectivity index (χ0v) is 30.2. The molecular weight excluding hydrogens is 642 g/mol. The molecule has 0 aliphatic carbocycles. The molecule has 0 fully saturated rings. The van der Waals surface area contributed by atoms with Crippen molar-refractivity contribution in [3.63, 3.8) is 0 Å². The first kappa shape index (κ1) is 38.6. The average molecular weight is 694 g/mol. The van der Waals surface area contributed by atoms with Crippen molar-refractivity contribution in [1.82, 2.24) is 0 Å². The lowest BCUT2D eigenvalue weighted by Gasteiger charge is -2.11. The molecule has 0 aliphatic rings. The van der Waals surface area contributed by atoms with Crippen molar-refractivity contribution < 1.29 is 28.8 Å². The van der Waals surface area contributed by atoms with Crippen LogP contribution in [0.25, 0.3) is 0 Å². The third-order valence-electron chi connectivity index (χ3n) is 8.00. The van der Waals surface area contributed by atoms with Gasteiger partial charge in [0.1, 0.15) is 28.7 Å². The summed E-state index contributed by atoms with van der Waals surface area (Å²) in [5.41, 5.74) is 2.85. The number of esters is 1. The Morgan fingerprint density at radius 3 is 1.94 bits per heavy atom. The molecule has 0 saturated carbocycles. The van der Waals surface area contributed by atoms with Gasteiger partial charge >= 0.3 is 5.97 Å². The van der Waals surface area contributed by atoms with Crippen molar-refractivity contribution in [2.75, 3.05) is 19.8 Å². The van der Waals surface area contributed by atoms with E-state index in [2.05, 4.69) is 36.0 Å². The van der Waals surface area contributed by atoms with Crippen LogP contribution in [0.1, 0.15) is 101 Å². The van der Waals surface area contributed by atoms with Crippen LogP contribution in [0.5, 0.6) is 28.7 Å². The zero-order chi connectivity index (χ0) is 36.1. The standard InChI is InChI=1S/C42H51N3O6/c1-4-7-10-11-12-13-28-48-36-21-14-32(15-22-36)42(47)51-38-24-25-39(41(30-38)50-27-9-6-3)45-44-35-19-17-34(18-20-35)43-31-33-16-23-37(29-40(33)46)49-26-8-5-2/h14-25,29-31,46H,4-13,26-28H2,1-3H3. The maximum atomic E-state index is 12.9. The van der Waals surface area contributed by atoms with Crippen molar-refractivity contribution in [2.24, 2.45) is 15.2 Å². The molecule has 0 spiro atoms. The van der Waals surface area contributed by atoms with E-state index in [1.165, 1.54) is 25.7 Å². The van der Waals surface area contributed by atoms with Crippen LogP contribution in [0, 0.1) is 0 Å². The van der Waals surface area contributed by atoms with E-state index in [0.29, 0.717) is 65.3 Å². The molecule has 0 heterocycles. The number of unbranched alkanes of at least 4 members (excludes halogenated alkanes) is 7. The normalized spacial score (nSPS) is 11.3. The summed E-state index contributed by atoms with van der Waals surface area (Å²) in [7, 11) is 0. The van der Waals surface area contributed by atoms with E-state index in [1.54, 1.807) is 72.9 Å². The van der Waals surface area contributed by atoms with Gasteiger partial charge in [-0.15, -0.1) is 5.11 Å². The summed E-state index contributed by atoms with van der Waals surface area (Å²) in [6.07, 6.45) is 12.7. The minimum atomic E-state index is -0.474. The lowest BCUT2D eigenvalue weighted by atomic mass is 10.1. The molecule has 0 atom stereocenters. The second-order valence-corrected chi connectivity index (χ2v) is 12.3. The molecule has 4 rings (SSSR count). The van der Waals surface area contributed by atoms with Crippen molar-refractivity contribution in [3.8, 4) is 28.7 Å². The molecule has 9 nitrogen and oxygen atoms in total. The first-order valence-corrected chi connectivity index (χ1v) is 18.2.